The third-order valence-corrected chi connectivity index (χ3v) is 3.33. The molecule has 5 heteroatoms. The number of aliphatic carboxylic acids is 1. The lowest BCUT2D eigenvalue weighted by Crippen LogP contribution is -2.43. The van der Waals surface area contributed by atoms with Crippen LogP contribution in [0.2, 0.25) is 0 Å². The van der Waals surface area contributed by atoms with Crippen molar-refractivity contribution in [3.8, 4) is 0 Å². The average molecular weight is 262 g/mol. The largest absolute Gasteiger partial charge is 0.479 e. The molecule has 0 aromatic heterocycles. The zero-order chi connectivity index (χ0) is 13.7. The van der Waals surface area contributed by atoms with E-state index in [-0.39, 0.29) is 11.8 Å². The number of amides is 1. The zero-order valence-electron chi connectivity index (χ0n) is 10.6. The molecule has 1 fully saturated rings. The van der Waals surface area contributed by atoms with E-state index >= 15 is 0 Å². The Labute approximate surface area is 112 Å². The maximum atomic E-state index is 12.1. The van der Waals surface area contributed by atoms with Crippen LogP contribution < -0.4 is 10.6 Å². The predicted molar refractivity (Wildman–Crippen MR) is 70.6 cm³/mol. The summed E-state index contributed by atoms with van der Waals surface area (Å²) in [5, 5.41) is 15.0. The van der Waals surface area contributed by atoms with Crippen LogP contribution in [0, 0.1) is 5.92 Å². The highest BCUT2D eigenvalue weighted by Crippen LogP contribution is 2.16. The lowest BCUT2D eigenvalue weighted by Gasteiger charge is -2.24. The van der Waals surface area contributed by atoms with Crippen molar-refractivity contribution in [2.45, 2.75) is 18.9 Å². The lowest BCUT2D eigenvalue weighted by atomic mass is 9.97. The van der Waals surface area contributed by atoms with Crippen LogP contribution in [0.15, 0.2) is 30.3 Å². The van der Waals surface area contributed by atoms with E-state index in [1.165, 1.54) is 0 Å². The van der Waals surface area contributed by atoms with Crippen molar-refractivity contribution < 1.29 is 14.7 Å². The van der Waals surface area contributed by atoms with Gasteiger partial charge in [0.25, 0.3) is 0 Å². The quantitative estimate of drug-likeness (QED) is 0.754. The summed E-state index contributed by atoms with van der Waals surface area (Å²) in [6.45, 7) is 1.54. The number of piperidine rings is 1. The molecule has 1 saturated heterocycles. The van der Waals surface area contributed by atoms with Crippen molar-refractivity contribution in [1.29, 1.82) is 0 Å². The van der Waals surface area contributed by atoms with Crippen LogP contribution in [0.1, 0.15) is 24.4 Å². The number of nitrogens with one attached hydrogen (secondary N) is 2. The smallest absolute Gasteiger partial charge is 0.330 e. The average Bonchev–Trinajstić information content (AvgIpc) is 2.46. The summed E-state index contributed by atoms with van der Waals surface area (Å²) in [6.07, 6.45) is 1.75. The molecule has 0 aliphatic carbocycles. The van der Waals surface area contributed by atoms with Gasteiger partial charge in [-0.1, -0.05) is 30.3 Å². The summed E-state index contributed by atoms with van der Waals surface area (Å²) in [6, 6.07) is 7.78. The van der Waals surface area contributed by atoms with Crippen LogP contribution in [0.4, 0.5) is 0 Å². The van der Waals surface area contributed by atoms with Gasteiger partial charge in [-0.05, 0) is 24.9 Å². The van der Waals surface area contributed by atoms with E-state index in [4.69, 9.17) is 0 Å². The molecular weight excluding hydrogens is 244 g/mol. The minimum atomic E-state index is -1.04. The molecule has 1 aliphatic heterocycles. The molecule has 0 saturated carbocycles. The Balaban J connectivity index is 2.04. The van der Waals surface area contributed by atoms with E-state index in [1.54, 1.807) is 24.3 Å². The van der Waals surface area contributed by atoms with Crippen molar-refractivity contribution in [2.24, 2.45) is 5.92 Å². The standard InChI is InChI=1S/C14H18N2O3/c17-13(11-7-4-8-15-9-11)16-12(14(18)19)10-5-2-1-3-6-10/h1-3,5-6,11-12,15H,4,7-9H2,(H,16,17)(H,18,19). The second-order valence-corrected chi connectivity index (χ2v) is 4.73. The maximum absolute atomic E-state index is 12.1. The van der Waals surface area contributed by atoms with Gasteiger partial charge in [-0.15, -0.1) is 0 Å². The normalized spacial score (nSPS) is 20.5. The summed E-state index contributed by atoms with van der Waals surface area (Å²) < 4.78 is 0. The van der Waals surface area contributed by atoms with Gasteiger partial charge in [-0.3, -0.25) is 4.79 Å². The summed E-state index contributed by atoms with van der Waals surface area (Å²) in [5.74, 6) is -1.37. The molecule has 19 heavy (non-hydrogen) atoms. The van der Waals surface area contributed by atoms with E-state index < -0.39 is 12.0 Å². The van der Waals surface area contributed by atoms with Gasteiger partial charge in [0.2, 0.25) is 5.91 Å². The molecule has 5 nitrogen and oxygen atoms in total. The van der Waals surface area contributed by atoms with Crippen molar-refractivity contribution in [1.82, 2.24) is 10.6 Å². The number of hydrogen-bond acceptors (Lipinski definition) is 3. The monoisotopic (exact) mass is 262 g/mol. The molecule has 3 N–H and O–H groups in total. The lowest BCUT2D eigenvalue weighted by molar-refractivity contribution is -0.142. The molecular formula is C14H18N2O3. The fraction of sp³-hybridized carbons (Fsp3) is 0.429. The Hall–Kier alpha value is -1.88. The van der Waals surface area contributed by atoms with E-state index in [1.807, 2.05) is 6.07 Å². The molecule has 1 aromatic carbocycles. The zero-order valence-corrected chi connectivity index (χ0v) is 10.6. The fourth-order valence-electron chi connectivity index (χ4n) is 2.27. The van der Waals surface area contributed by atoms with E-state index in [0.717, 1.165) is 19.4 Å². The van der Waals surface area contributed by atoms with Gasteiger partial charge in [-0.25, -0.2) is 4.79 Å². The Bertz CT molecular complexity index is 441. The van der Waals surface area contributed by atoms with E-state index in [2.05, 4.69) is 10.6 Å². The minimum Gasteiger partial charge on any atom is -0.479 e. The Kier molecular flexibility index (Phi) is 4.52. The van der Waals surface area contributed by atoms with Crippen LogP contribution in [0.25, 0.3) is 0 Å². The van der Waals surface area contributed by atoms with Crippen molar-refractivity contribution in [3.63, 3.8) is 0 Å². The fourth-order valence-corrected chi connectivity index (χ4v) is 2.27. The second kappa shape index (κ2) is 6.33. The number of carboxylic acids is 1. The van der Waals surface area contributed by atoms with E-state index in [9.17, 15) is 14.7 Å². The van der Waals surface area contributed by atoms with E-state index in [0.29, 0.717) is 12.1 Å². The molecule has 1 aromatic rings. The number of carbonyl (C=O) groups is 2. The predicted octanol–water partition coefficient (Wildman–Crippen LogP) is 0.928. The van der Waals surface area contributed by atoms with Crippen molar-refractivity contribution in [2.75, 3.05) is 13.1 Å². The summed E-state index contributed by atoms with van der Waals surface area (Å²) >= 11 is 0. The van der Waals surface area contributed by atoms with Crippen molar-refractivity contribution >= 4 is 11.9 Å². The first-order valence-electron chi connectivity index (χ1n) is 6.47. The number of rotatable bonds is 4. The van der Waals surface area contributed by atoms with Gasteiger partial charge < -0.3 is 15.7 Å². The Morgan fingerprint density at radius 2 is 2.05 bits per heavy atom. The number of benzene rings is 1. The van der Waals surface area contributed by atoms with Gasteiger partial charge >= 0.3 is 5.97 Å². The van der Waals surface area contributed by atoms with Crippen LogP contribution in [-0.4, -0.2) is 30.1 Å². The number of hydrogen-bond donors (Lipinski definition) is 3. The molecule has 0 bridgehead atoms. The summed E-state index contributed by atoms with van der Waals surface area (Å²) in [7, 11) is 0. The van der Waals surface area contributed by atoms with Gasteiger partial charge in [0, 0.05) is 6.54 Å². The summed E-state index contributed by atoms with van der Waals surface area (Å²) in [4.78, 5) is 23.4. The van der Waals surface area contributed by atoms with Gasteiger partial charge in [0.05, 0.1) is 5.92 Å². The minimum absolute atomic E-state index is 0.140. The van der Waals surface area contributed by atoms with Crippen molar-refractivity contribution in [3.05, 3.63) is 35.9 Å². The first-order chi connectivity index (χ1) is 9.18. The van der Waals surface area contributed by atoms with Crippen LogP contribution in [0.3, 0.4) is 0 Å². The third kappa shape index (κ3) is 3.54. The molecule has 2 rings (SSSR count). The first-order valence-corrected chi connectivity index (χ1v) is 6.47. The Morgan fingerprint density at radius 3 is 2.63 bits per heavy atom. The van der Waals surface area contributed by atoms with Gasteiger partial charge in [0.15, 0.2) is 6.04 Å². The number of carbonyl (C=O) groups excluding carboxylic acids is 1. The van der Waals surface area contributed by atoms with Crippen LogP contribution >= 0.6 is 0 Å². The first kappa shape index (κ1) is 13.5. The summed E-state index contributed by atoms with van der Waals surface area (Å²) in [5.41, 5.74) is 0.590. The SMILES string of the molecule is O=C(NC(C(=O)O)c1ccccc1)C1CCCNC1. The molecule has 1 amide bonds. The third-order valence-electron chi connectivity index (χ3n) is 3.33. The molecule has 0 radical (unpaired) electrons. The highest BCUT2D eigenvalue weighted by atomic mass is 16.4. The van der Waals surface area contributed by atoms with Crippen LogP contribution in [0.5, 0.6) is 0 Å². The Morgan fingerprint density at radius 1 is 1.32 bits per heavy atom. The highest BCUT2D eigenvalue weighted by Gasteiger charge is 2.27. The molecule has 0 spiro atoms. The number of carboxylic acid groups (broad SMARTS) is 1. The molecule has 2 atom stereocenters. The maximum Gasteiger partial charge on any atom is 0.330 e. The van der Waals surface area contributed by atoms with Crippen LogP contribution in [-0.2, 0) is 9.59 Å². The van der Waals surface area contributed by atoms with Gasteiger partial charge in [0.1, 0.15) is 0 Å². The molecule has 2 unspecified atom stereocenters. The molecule has 1 heterocycles. The van der Waals surface area contributed by atoms with Gasteiger partial charge in [-0.2, -0.15) is 0 Å². The second-order valence-electron chi connectivity index (χ2n) is 4.73. The molecule has 1 aliphatic rings. The topological polar surface area (TPSA) is 78.4 Å². The highest BCUT2D eigenvalue weighted by molar-refractivity contribution is 5.86. The molecule has 102 valence electrons.